The van der Waals surface area contributed by atoms with Crippen LogP contribution in [0.5, 0.6) is 0 Å². The first-order chi connectivity index (χ1) is 8.19. The molecule has 0 bridgehead atoms. The smallest absolute Gasteiger partial charge is 0.303 e. The van der Waals surface area contributed by atoms with Gasteiger partial charge in [0.25, 0.3) is 0 Å². The van der Waals surface area contributed by atoms with Crippen molar-refractivity contribution in [3.05, 3.63) is 0 Å². The summed E-state index contributed by atoms with van der Waals surface area (Å²) in [5.74, 6) is -0.245. The summed E-state index contributed by atoms with van der Waals surface area (Å²) in [6.45, 7) is 7.84. The molecule has 2 aliphatic heterocycles. The molecule has 2 saturated heterocycles. The van der Waals surface area contributed by atoms with E-state index in [0.29, 0.717) is 18.4 Å². The number of hydrogen-bond donors (Lipinski definition) is 1. The largest absolute Gasteiger partial charge is 0.481 e. The quantitative estimate of drug-likeness (QED) is 0.803. The number of carboxylic acid groups (broad SMARTS) is 1. The molecule has 17 heavy (non-hydrogen) atoms. The van der Waals surface area contributed by atoms with Crippen molar-refractivity contribution in [1.82, 2.24) is 9.80 Å². The maximum absolute atomic E-state index is 10.6. The summed E-state index contributed by atoms with van der Waals surface area (Å²) >= 11 is 0. The number of carboxylic acids is 1. The van der Waals surface area contributed by atoms with E-state index >= 15 is 0 Å². The van der Waals surface area contributed by atoms with Gasteiger partial charge < -0.3 is 10.0 Å². The highest BCUT2D eigenvalue weighted by atomic mass is 16.4. The van der Waals surface area contributed by atoms with E-state index in [1.807, 2.05) is 0 Å². The fourth-order valence-corrected chi connectivity index (χ4v) is 3.10. The third-order valence-electron chi connectivity index (χ3n) is 4.20. The number of likely N-dealkylation sites (tertiary alicyclic amines) is 2. The van der Waals surface area contributed by atoms with E-state index in [4.69, 9.17) is 5.11 Å². The van der Waals surface area contributed by atoms with Crippen molar-refractivity contribution in [1.29, 1.82) is 0 Å². The average Bonchev–Trinajstić information content (AvgIpc) is 2.47. The van der Waals surface area contributed by atoms with Gasteiger partial charge in [0, 0.05) is 19.1 Å². The van der Waals surface area contributed by atoms with Crippen LogP contribution in [0.4, 0.5) is 0 Å². The fourth-order valence-electron chi connectivity index (χ4n) is 3.10. The van der Waals surface area contributed by atoms with Gasteiger partial charge in [-0.3, -0.25) is 9.69 Å². The van der Waals surface area contributed by atoms with E-state index in [1.165, 1.54) is 32.4 Å². The van der Waals surface area contributed by atoms with Gasteiger partial charge in [0.1, 0.15) is 0 Å². The van der Waals surface area contributed by atoms with Crippen molar-refractivity contribution < 1.29 is 9.90 Å². The Labute approximate surface area is 104 Å². The van der Waals surface area contributed by atoms with Crippen molar-refractivity contribution >= 4 is 5.97 Å². The molecule has 0 spiro atoms. The number of aliphatic carboxylic acids is 1. The van der Waals surface area contributed by atoms with Crippen LogP contribution in [0.1, 0.15) is 32.6 Å². The molecule has 1 atom stereocenters. The Morgan fingerprint density at radius 3 is 2.71 bits per heavy atom. The second-order valence-corrected chi connectivity index (χ2v) is 5.44. The summed E-state index contributed by atoms with van der Waals surface area (Å²) in [4.78, 5) is 15.6. The van der Waals surface area contributed by atoms with Crippen LogP contribution < -0.4 is 0 Å². The molecule has 4 nitrogen and oxygen atoms in total. The van der Waals surface area contributed by atoms with Gasteiger partial charge in [0.05, 0.1) is 6.42 Å². The topological polar surface area (TPSA) is 43.8 Å². The molecule has 2 rings (SSSR count). The Hall–Kier alpha value is -0.610. The lowest BCUT2D eigenvalue weighted by Crippen LogP contribution is -2.52. The second-order valence-electron chi connectivity index (χ2n) is 5.44. The first-order valence-electron chi connectivity index (χ1n) is 6.87. The lowest BCUT2D eigenvalue weighted by Gasteiger charge is -2.44. The molecule has 0 aromatic heterocycles. The Kier molecular flexibility index (Phi) is 4.40. The predicted molar refractivity (Wildman–Crippen MR) is 67.1 cm³/mol. The summed E-state index contributed by atoms with van der Waals surface area (Å²) in [6, 6.07) is 0.705. The standard InChI is InChI=1S/C13H24N2O2/c1-2-14-6-3-4-12(5-7-14)15-9-11(10-15)8-13(16)17/h11-12H,2-10H2,1H3,(H,16,17). The van der Waals surface area contributed by atoms with Gasteiger partial charge in [0.15, 0.2) is 0 Å². The van der Waals surface area contributed by atoms with Crippen LogP contribution in [-0.4, -0.2) is 59.6 Å². The van der Waals surface area contributed by atoms with E-state index in [-0.39, 0.29) is 0 Å². The predicted octanol–water partition coefficient (Wildman–Crippen LogP) is 1.27. The molecule has 98 valence electrons. The molecule has 0 aromatic carbocycles. The van der Waals surface area contributed by atoms with E-state index in [1.54, 1.807) is 0 Å². The fraction of sp³-hybridized carbons (Fsp3) is 0.923. The summed E-state index contributed by atoms with van der Waals surface area (Å²) in [6.07, 6.45) is 4.19. The van der Waals surface area contributed by atoms with Crippen molar-refractivity contribution in [2.24, 2.45) is 5.92 Å². The zero-order valence-corrected chi connectivity index (χ0v) is 10.8. The molecule has 0 amide bonds. The first-order valence-corrected chi connectivity index (χ1v) is 6.87. The molecule has 2 fully saturated rings. The molecule has 0 aromatic rings. The summed E-state index contributed by atoms with van der Waals surface area (Å²) in [5.41, 5.74) is 0. The van der Waals surface area contributed by atoms with Crippen molar-refractivity contribution in [2.75, 3.05) is 32.7 Å². The Morgan fingerprint density at radius 2 is 2.06 bits per heavy atom. The van der Waals surface area contributed by atoms with Crippen LogP contribution in [0.15, 0.2) is 0 Å². The van der Waals surface area contributed by atoms with E-state index < -0.39 is 5.97 Å². The van der Waals surface area contributed by atoms with Crippen molar-refractivity contribution in [2.45, 2.75) is 38.6 Å². The maximum Gasteiger partial charge on any atom is 0.303 e. The molecule has 2 heterocycles. The summed E-state index contributed by atoms with van der Waals surface area (Å²) < 4.78 is 0. The minimum Gasteiger partial charge on any atom is -0.481 e. The Morgan fingerprint density at radius 1 is 1.29 bits per heavy atom. The minimum absolute atomic E-state index is 0.351. The van der Waals surface area contributed by atoms with Gasteiger partial charge in [-0.15, -0.1) is 0 Å². The molecule has 1 unspecified atom stereocenters. The van der Waals surface area contributed by atoms with Crippen LogP contribution >= 0.6 is 0 Å². The Balaban J connectivity index is 1.72. The van der Waals surface area contributed by atoms with Crippen LogP contribution in [0.3, 0.4) is 0 Å². The van der Waals surface area contributed by atoms with Crippen LogP contribution in [0.25, 0.3) is 0 Å². The van der Waals surface area contributed by atoms with Crippen molar-refractivity contribution in [3.63, 3.8) is 0 Å². The minimum atomic E-state index is -0.646. The lowest BCUT2D eigenvalue weighted by atomic mass is 9.92. The molecule has 4 heteroatoms. The second kappa shape index (κ2) is 5.83. The molecule has 1 N–H and O–H groups in total. The number of nitrogens with zero attached hydrogens (tertiary/aromatic N) is 2. The maximum atomic E-state index is 10.6. The van der Waals surface area contributed by atoms with Gasteiger partial charge in [-0.25, -0.2) is 0 Å². The van der Waals surface area contributed by atoms with Gasteiger partial charge >= 0.3 is 5.97 Å². The summed E-state index contributed by atoms with van der Waals surface area (Å²) in [5, 5.41) is 8.73. The molecule has 2 aliphatic rings. The molecule has 0 saturated carbocycles. The zero-order chi connectivity index (χ0) is 12.3. The number of hydrogen-bond acceptors (Lipinski definition) is 3. The van der Waals surface area contributed by atoms with Crippen LogP contribution in [0.2, 0.25) is 0 Å². The van der Waals surface area contributed by atoms with E-state index in [0.717, 1.165) is 19.6 Å². The molecular weight excluding hydrogens is 216 g/mol. The zero-order valence-electron chi connectivity index (χ0n) is 10.8. The Bertz CT molecular complexity index is 264. The van der Waals surface area contributed by atoms with Crippen LogP contribution in [0, 0.1) is 5.92 Å². The normalized spacial score (nSPS) is 28.6. The average molecular weight is 240 g/mol. The monoisotopic (exact) mass is 240 g/mol. The SMILES string of the molecule is CCN1CCCC(N2CC(CC(=O)O)C2)CC1. The molecule has 0 radical (unpaired) electrons. The van der Waals surface area contributed by atoms with Gasteiger partial charge in [-0.1, -0.05) is 6.92 Å². The highest BCUT2D eigenvalue weighted by Crippen LogP contribution is 2.26. The van der Waals surface area contributed by atoms with Crippen molar-refractivity contribution in [3.8, 4) is 0 Å². The highest BCUT2D eigenvalue weighted by Gasteiger charge is 2.33. The lowest BCUT2D eigenvalue weighted by molar-refractivity contribution is -0.139. The van der Waals surface area contributed by atoms with Gasteiger partial charge in [-0.2, -0.15) is 0 Å². The number of rotatable bonds is 4. The third kappa shape index (κ3) is 3.42. The van der Waals surface area contributed by atoms with Gasteiger partial charge in [-0.05, 0) is 44.8 Å². The molecule has 0 aliphatic carbocycles. The van der Waals surface area contributed by atoms with Gasteiger partial charge in [0.2, 0.25) is 0 Å². The molecular formula is C13H24N2O2. The van der Waals surface area contributed by atoms with Crippen LogP contribution in [-0.2, 0) is 4.79 Å². The number of carbonyl (C=O) groups is 1. The third-order valence-corrected chi connectivity index (χ3v) is 4.20. The first kappa shape index (κ1) is 12.8. The summed E-state index contributed by atoms with van der Waals surface area (Å²) in [7, 11) is 0. The van der Waals surface area contributed by atoms with E-state index in [9.17, 15) is 4.79 Å². The highest BCUT2D eigenvalue weighted by molar-refractivity contribution is 5.67. The van der Waals surface area contributed by atoms with E-state index in [2.05, 4.69) is 16.7 Å².